The molecule has 0 radical (unpaired) electrons. The zero-order chi connectivity index (χ0) is 13.8. The lowest BCUT2D eigenvalue weighted by molar-refractivity contribution is -0.147. The molecule has 0 N–H and O–H groups in total. The molecule has 0 spiro atoms. The standard InChI is InChI=1S/C14H18N2O3/c1-10-6-5-8-15-12(10)13(17)16-9-4-3-7-11(16)14(18)19-2/h5-6,8,11H,3-4,7,9H2,1-2H3. The molecule has 2 rings (SSSR count). The maximum absolute atomic E-state index is 12.5. The second kappa shape index (κ2) is 5.82. The van der Waals surface area contributed by atoms with Crippen LogP contribution >= 0.6 is 0 Å². The highest BCUT2D eigenvalue weighted by molar-refractivity contribution is 5.96. The number of carbonyl (C=O) groups excluding carboxylic acids is 2. The number of piperidine rings is 1. The van der Waals surface area contributed by atoms with Crippen molar-refractivity contribution >= 4 is 11.9 Å². The highest BCUT2D eigenvalue weighted by Gasteiger charge is 2.34. The molecule has 1 aliphatic heterocycles. The van der Waals surface area contributed by atoms with Gasteiger partial charge in [-0.05, 0) is 37.8 Å². The summed E-state index contributed by atoms with van der Waals surface area (Å²) in [4.78, 5) is 30.0. The summed E-state index contributed by atoms with van der Waals surface area (Å²) in [7, 11) is 1.35. The van der Waals surface area contributed by atoms with Crippen LogP contribution in [0.4, 0.5) is 0 Å². The summed E-state index contributed by atoms with van der Waals surface area (Å²) < 4.78 is 4.78. The number of carbonyl (C=O) groups is 2. The van der Waals surface area contributed by atoms with Crippen molar-refractivity contribution in [1.82, 2.24) is 9.88 Å². The maximum Gasteiger partial charge on any atom is 0.328 e. The Morgan fingerprint density at radius 1 is 1.42 bits per heavy atom. The maximum atomic E-state index is 12.5. The average Bonchev–Trinajstić information content (AvgIpc) is 2.46. The van der Waals surface area contributed by atoms with E-state index in [0.29, 0.717) is 18.7 Å². The molecule has 1 aromatic heterocycles. The molecule has 1 atom stereocenters. The average molecular weight is 262 g/mol. The molecule has 1 amide bonds. The summed E-state index contributed by atoms with van der Waals surface area (Å²) in [6, 6.07) is 3.16. The summed E-state index contributed by atoms with van der Waals surface area (Å²) in [6.45, 7) is 2.42. The fourth-order valence-electron chi connectivity index (χ4n) is 2.40. The lowest BCUT2D eigenvalue weighted by Crippen LogP contribution is -2.48. The van der Waals surface area contributed by atoms with Gasteiger partial charge in [0.25, 0.3) is 5.91 Å². The van der Waals surface area contributed by atoms with E-state index < -0.39 is 6.04 Å². The molecular formula is C14H18N2O3. The van der Waals surface area contributed by atoms with Gasteiger partial charge in [0.2, 0.25) is 0 Å². The Balaban J connectivity index is 2.25. The molecule has 102 valence electrons. The van der Waals surface area contributed by atoms with Gasteiger partial charge < -0.3 is 9.64 Å². The van der Waals surface area contributed by atoms with Crippen molar-refractivity contribution in [2.45, 2.75) is 32.2 Å². The van der Waals surface area contributed by atoms with Gasteiger partial charge in [0.15, 0.2) is 0 Å². The van der Waals surface area contributed by atoms with Gasteiger partial charge in [-0.25, -0.2) is 4.79 Å². The summed E-state index contributed by atoms with van der Waals surface area (Å²) in [5.74, 6) is -0.533. The van der Waals surface area contributed by atoms with Crippen molar-refractivity contribution in [2.75, 3.05) is 13.7 Å². The molecule has 1 aromatic rings. The summed E-state index contributed by atoms with van der Waals surface area (Å²) in [5.41, 5.74) is 1.24. The van der Waals surface area contributed by atoms with Crippen LogP contribution in [-0.2, 0) is 9.53 Å². The van der Waals surface area contributed by atoms with Crippen LogP contribution in [0.5, 0.6) is 0 Å². The lowest BCUT2D eigenvalue weighted by atomic mass is 10.0. The van der Waals surface area contributed by atoms with E-state index in [1.165, 1.54) is 7.11 Å². The second-order valence-corrected chi connectivity index (χ2v) is 4.70. The summed E-state index contributed by atoms with van der Waals surface area (Å²) in [5, 5.41) is 0. The van der Waals surface area contributed by atoms with Gasteiger partial charge in [0.05, 0.1) is 7.11 Å². The monoisotopic (exact) mass is 262 g/mol. The largest absolute Gasteiger partial charge is 0.467 e. The fourth-order valence-corrected chi connectivity index (χ4v) is 2.40. The van der Waals surface area contributed by atoms with E-state index in [4.69, 9.17) is 4.74 Å². The molecule has 1 fully saturated rings. The number of amides is 1. The smallest absolute Gasteiger partial charge is 0.328 e. The van der Waals surface area contributed by atoms with Crippen molar-refractivity contribution in [3.63, 3.8) is 0 Å². The van der Waals surface area contributed by atoms with Crippen LogP contribution < -0.4 is 0 Å². The van der Waals surface area contributed by atoms with E-state index in [1.807, 2.05) is 13.0 Å². The van der Waals surface area contributed by atoms with Gasteiger partial charge >= 0.3 is 5.97 Å². The molecule has 5 nitrogen and oxygen atoms in total. The number of aryl methyl sites for hydroxylation is 1. The van der Waals surface area contributed by atoms with Crippen LogP contribution in [0.2, 0.25) is 0 Å². The van der Waals surface area contributed by atoms with Crippen molar-refractivity contribution in [1.29, 1.82) is 0 Å². The highest BCUT2D eigenvalue weighted by atomic mass is 16.5. The summed E-state index contributed by atoms with van der Waals surface area (Å²) in [6.07, 6.45) is 4.09. The zero-order valence-electron chi connectivity index (χ0n) is 11.3. The Kier molecular flexibility index (Phi) is 4.14. The van der Waals surface area contributed by atoms with Crippen LogP contribution in [0, 0.1) is 6.92 Å². The van der Waals surface area contributed by atoms with Crippen molar-refractivity contribution in [3.8, 4) is 0 Å². The second-order valence-electron chi connectivity index (χ2n) is 4.70. The van der Waals surface area contributed by atoms with Gasteiger partial charge in [0.1, 0.15) is 11.7 Å². The van der Waals surface area contributed by atoms with E-state index in [0.717, 1.165) is 18.4 Å². The van der Waals surface area contributed by atoms with Crippen LogP contribution in [0.1, 0.15) is 35.3 Å². The van der Waals surface area contributed by atoms with Crippen LogP contribution in [-0.4, -0.2) is 41.5 Å². The van der Waals surface area contributed by atoms with Crippen LogP contribution in [0.3, 0.4) is 0 Å². The first-order chi connectivity index (χ1) is 9.15. The third-order valence-electron chi connectivity index (χ3n) is 3.45. The molecule has 5 heteroatoms. The van der Waals surface area contributed by atoms with E-state index in [2.05, 4.69) is 4.98 Å². The number of rotatable bonds is 2. The molecule has 0 aromatic carbocycles. The molecule has 0 saturated carbocycles. The summed E-state index contributed by atoms with van der Waals surface area (Å²) >= 11 is 0. The molecule has 1 unspecified atom stereocenters. The first kappa shape index (κ1) is 13.5. The van der Waals surface area contributed by atoms with Crippen LogP contribution in [0.15, 0.2) is 18.3 Å². The minimum Gasteiger partial charge on any atom is -0.467 e. The van der Waals surface area contributed by atoms with Gasteiger partial charge in [-0.2, -0.15) is 0 Å². The normalized spacial score (nSPS) is 19.1. The molecule has 0 bridgehead atoms. The van der Waals surface area contributed by atoms with E-state index in [-0.39, 0.29) is 11.9 Å². The molecule has 2 heterocycles. The number of pyridine rings is 1. The Morgan fingerprint density at radius 3 is 2.89 bits per heavy atom. The molecule has 1 aliphatic rings. The zero-order valence-corrected chi connectivity index (χ0v) is 11.3. The lowest BCUT2D eigenvalue weighted by Gasteiger charge is -2.33. The van der Waals surface area contributed by atoms with Gasteiger partial charge in [-0.3, -0.25) is 9.78 Å². The van der Waals surface area contributed by atoms with Gasteiger partial charge in [-0.15, -0.1) is 0 Å². The number of ether oxygens (including phenoxy) is 1. The van der Waals surface area contributed by atoms with Crippen molar-refractivity contribution in [2.24, 2.45) is 0 Å². The number of methoxy groups -OCH3 is 1. The number of hydrogen-bond donors (Lipinski definition) is 0. The van der Waals surface area contributed by atoms with Crippen molar-refractivity contribution in [3.05, 3.63) is 29.6 Å². The first-order valence-corrected chi connectivity index (χ1v) is 6.45. The van der Waals surface area contributed by atoms with Gasteiger partial charge in [0, 0.05) is 12.7 Å². The molecule has 1 saturated heterocycles. The molecular weight excluding hydrogens is 244 g/mol. The third-order valence-corrected chi connectivity index (χ3v) is 3.45. The number of likely N-dealkylation sites (tertiary alicyclic amines) is 1. The van der Waals surface area contributed by atoms with Gasteiger partial charge in [-0.1, -0.05) is 6.07 Å². The third kappa shape index (κ3) is 2.75. The number of hydrogen-bond acceptors (Lipinski definition) is 4. The molecule has 0 aliphatic carbocycles. The predicted octanol–water partition coefficient (Wildman–Crippen LogP) is 1.56. The number of aromatic nitrogens is 1. The minimum atomic E-state index is -0.479. The topological polar surface area (TPSA) is 59.5 Å². The SMILES string of the molecule is COC(=O)C1CCCCN1C(=O)c1ncccc1C. The Labute approximate surface area is 112 Å². The van der Waals surface area contributed by atoms with Crippen molar-refractivity contribution < 1.29 is 14.3 Å². The van der Waals surface area contributed by atoms with E-state index in [9.17, 15) is 9.59 Å². The van der Waals surface area contributed by atoms with Crippen LogP contribution in [0.25, 0.3) is 0 Å². The minimum absolute atomic E-state index is 0.187. The Morgan fingerprint density at radius 2 is 2.21 bits per heavy atom. The Bertz CT molecular complexity index is 487. The fraction of sp³-hybridized carbons (Fsp3) is 0.500. The van der Waals surface area contributed by atoms with E-state index in [1.54, 1.807) is 17.2 Å². The molecule has 19 heavy (non-hydrogen) atoms. The predicted molar refractivity (Wildman–Crippen MR) is 69.7 cm³/mol. The quantitative estimate of drug-likeness (QED) is 0.759. The Hall–Kier alpha value is -1.91. The highest BCUT2D eigenvalue weighted by Crippen LogP contribution is 2.21. The number of nitrogens with zero attached hydrogens (tertiary/aromatic N) is 2. The first-order valence-electron chi connectivity index (χ1n) is 6.45. The van der Waals surface area contributed by atoms with E-state index >= 15 is 0 Å². The number of esters is 1.